The number of rotatable bonds is 9. The van der Waals surface area contributed by atoms with Crippen molar-refractivity contribution in [1.29, 1.82) is 0 Å². The first-order valence-corrected chi connectivity index (χ1v) is 12.8. The maximum absolute atomic E-state index is 13.3. The van der Waals surface area contributed by atoms with E-state index in [1.807, 2.05) is 12.1 Å². The fraction of sp³-hybridized carbons (Fsp3) is 0.185. The lowest BCUT2D eigenvalue weighted by Gasteiger charge is -2.18. The molecule has 1 aromatic heterocycles. The van der Waals surface area contributed by atoms with Gasteiger partial charge < -0.3 is 18.8 Å². The number of nitrogens with one attached hydrogen (secondary N) is 1. The molecule has 0 aliphatic carbocycles. The van der Waals surface area contributed by atoms with Gasteiger partial charge in [-0.05, 0) is 55.0 Å². The molecule has 0 spiro atoms. The zero-order valence-electron chi connectivity index (χ0n) is 20.6. The molecule has 2 heterocycles. The van der Waals surface area contributed by atoms with E-state index in [-0.39, 0.29) is 40.8 Å². The van der Waals surface area contributed by atoms with Crippen LogP contribution in [0.3, 0.4) is 0 Å². The Morgan fingerprint density at radius 2 is 1.73 bits per heavy atom. The van der Waals surface area contributed by atoms with Crippen molar-refractivity contribution in [3.05, 3.63) is 101 Å². The Hall–Kier alpha value is -4.15. The molecule has 37 heavy (non-hydrogen) atoms. The van der Waals surface area contributed by atoms with Crippen molar-refractivity contribution in [2.75, 3.05) is 14.2 Å². The van der Waals surface area contributed by atoms with Crippen LogP contribution in [-0.2, 0) is 37.4 Å². The lowest BCUT2D eigenvalue weighted by molar-refractivity contribution is -0.136. The third-order valence-electron chi connectivity index (χ3n) is 5.86. The van der Waals surface area contributed by atoms with Gasteiger partial charge in [-0.1, -0.05) is 30.3 Å². The lowest BCUT2D eigenvalue weighted by atomic mass is 10.1. The van der Waals surface area contributed by atoms with E-state index in [9.17, 15) is 18.0 Å². The molecule has 0 saturated heterocycles. The Bertz CT molecular complexity index is 1470. The van der Waals surface area contributed by atoms with Crippen LogP contribution in [0, 0.1) is 0 Å². The molecule has 0 radical (unpaired) electrons. The molecule has 1 aliphatic heterocycles. The molecular formula is C27H26N2O7S. The van der Waals surface area contributed by atoms with E-state index in [0.717, 1.165) is 5.56 Å². The Morgan fingerprint density at radius 3 is 2.38 bits per heavy atom. The number of sulfonamides is 1. The van der Waals surface area contributed by atoms with Gasteiger partial charge in [0.25, 0.3) is 5.91 Å². The normalized spacial score (nSPS) is 14.9. The minimum Gasteiger partial charge on any atom is -0.497 e. The third-order valence-corrected chi connectivity index (χ3v) is 7.28. The highest BCUT2D eigenvalue weighted by atomic mass is 32.2. The number of allylic oxidation sites excluding steroid dienone is 1. The van der Waals surface area contributed by atoms with Gasteiger partial charge in [0.2, 0.25) is 10.0 Å². The van der Waals surface area contributed by atoms with E-state index in [1.165, 1.54) is 30.2 Å². The highest BCUT2D eigenvalue weighted by molar-refractivity contribution is 7.89. The number of furan rings is 1. The number of hydrogen-bond donors (Lipinski definition) is 1. The molecule has 1 N–H and O–H groups in total. The van der Waals surface area contributed by atoms with Gasteiger partial charge in [0, 0.05) is 5.70 Å². The summed E-state index contributed by atoms with van der Waals surface area (Å²) in [6.45, 7) is 1.84. The molecule has 10 heteroatoms. The van der Waals surface area contributed by atoms with Crippen LogP contribution >= 0.6 is 0 Å². The summed E-state index contributed by atoms with van der Waals surface area (Å²) in [5, 5.41) is 0. The van der Waals surface area contributed by atoms with Crippen LogP contribution in [0.4, 0.5) is 0 Å². The van der Waals surface area contributed by atoms with Gasteiger partial charge in [-0.2, -0.15) is 0 Å². The first-order valence-electron chi connectivity index (χ1n) is 11.3. The number of carbonyl (C=O) groups excluding carboxylic acids is 2. The number of amides is 1. The predicted molar refractivity (Wildman–Crippen MR) is 135 cm³/mol. The number of hydrogen-bond acceptors (Lipinski definition) is 7. The molecule has 0 unspecified atom stereocenters. The molecule has 1 aliphatic rings. The first-order chi connectivity index (χ1) is 17.7. The molecule has 192 valence electrons. The Labute approximate surface area is 215 Å². The second kappa shape index (κ2) is 10.9. The highest BCUT2D eigenvalue weighted by Gasteiger charge is 2.37. The van der Waals surface area contributed by atoms with E-state index in [2.05, 4.69) is 4.72 Å². The summed E-state index contributed by atoms with van der Waals surface area (Å²) in [6, 6.07) is 18.5. The molecule has 4 rings (SSSR count). The zero-order chi connectivity index (χ0) is 26.6. The van der Waals surface area contributed by atoms with Crippen molar-refractivity contribution in [1.82, 2.24) is 9.62 Å². The summed E-state index contributed by atoms with van der Waals surface area (Å²) in [4.78, 5) is 27.6. The van der Waals surface area contributed by atoms with Crippen molar-refractivity contribution >= 4 is 28.0 Å². The van der Waals surface area contributed by atoms with Gasteiger partial charge in [-0.25, -0.2) is 17.9 Å². The van der Waals surface area contributed by atoms with E-state index < -0.39 is 16.0 Å². The molecule has 2 aromatic carbocycles. The second-order valence-electron chi connectivity index (χ2n) is 8.19. The summed E-state index contributed by atoms with van der Waals surface area (Å²) in [7, 11) is -0.891. The number of benzene rings is 2. The number of methoxy groups -OCH3 is 2. The van der Waals surface area contributed by atoms with Crippen molar-refractivity contribution in [3.8, 4) is 5.75 Å². The van der Waals surface area contributed by atoms with Gasteiger partial charge in [0.1, 0.15) is 17.3 Å². The molecule has 0 bridgehead atoms. The molecular weight excluding hydrogens is 496 g/mol. The Morgan fingerprint density at radius 1 is 1.03 bits per heavy atom. The van der Waals surface area contributed by atoms with Crippen LogP contribution in [0.1, 0.15) is 24.0 Å². The van der Waals surface area contributed by atoms with Crippen LogP contribution in [0.15, 0.2) is 92.9 Å². The van der Waals surface area contributed by atoms with Gasteiger partial charge >= 0.3 is 5.97 Å². The predicted octanol–water partition coefficient (Wildman–Crippen LogP) is 3.64. The monoisotopic (exact) mass is 522 g/mol. The molecule has 1 amide bonds. The average molecular weight is 523 g/mol. The van der Waals surface area contributed by atoms with Crippen LogP contribution in [0.25, 0.3) is 6.08 Å². The van der Waals surface area contributed by atoms with Crippen molar-refractivity contribution in [2.45, 2.75) is 24.9 Å². The number of carbonyl (C=O) groups is 2. The van der Waals surface area contributed by atoms with Gasteiger partial charge in [0.05, 0.1) is 43.4 Å². The Kier molecular flexibility index (Phi) is 7.61. The standard InChI is InChI=1S/C27H26N2O7S/c1-18-25(27(31)35-3)24(26(30)29(18)17-19-9-11-20(34-2)12-10-19)15-21-13-14-22(36-21)16-28-37(32,33)23-7-5-4-6-8-23/h4-15,28H,16-17H2,1-3H3. The van der Waals surface area contributed by atoms with Crippen LogP contribution in [0.5, 0.6) is 5.75 Å². The third kappa shape index (κ3) is 5.65. The fourth-order valence-electron chi connectivity index (χ4n) is 3.89. The van der Waals surface area contributed by atoms with Gasteiger partial charge in [-0.15, -0.1) is 0 Å². The van der Waals surface area contributed by atoms with Crippen LogP contribution in [0.2, 0.25) is 0 Å². The minimum absolute atomic E-state index is 0.0866. The van der Waals surface area contributed by atoms with Crippen molar-refractivity contribution in [2.24, 2.45) is 0 Å². The number of nitrogens with zero attached hydrogens (tertiary/aromatic N) is 1. The van der Waals surface area contributed by atoms with Gasteiger partial charge in [-0.3, -0.25) is 4.79 Å². The second-order valence-corrected chi connectivity index (χ2v) is 9.96. The average Bonchev–Trinajstić information content (AvgIpc) is 3.46. The number of esters is 1. The molecule has 3 aromatic rings. The van der Waals surface area contributed by atoms with E-state index in [1.54, 1.807) is 56.5 Å². The highest BCUT2D eigenvalue weighted by Crippen LogP contribution is 2.33. The van der Waals surface area contributed by atoms with Crippen molar-refractivity contribution < 1.29 is 31.9 Å². The number of ether oxygens (including phenoxy) is 2. The SMILES string of the molecule is COC(=O)C1=C(C)N(Cc2ccc(OC)cc2)C(=O)C1=Cc1ccc(CNS(=O)(=O)c2ccccc2)o1. The molecule has 0 atom stereocenters. The fourth-order valence-corrected chi connectivity index (χ4v) is 4.90. The maximum atomic E-state index is 13.3. The smallest absolute Gasteiger partial charge is 0.340 e. The summed E-state index contributed by atoms with van der Waals surface area (Å²) >= 11 is 0. The summed E-state index contributed by atoms with van der Waals surface area (Å²) in [5.74, 6) is 0.303. The largest absolute Gasteiger partial charge is 0.497 e. The van der Waals surface area contributed by atoms with Gasteiger partial charge in [0.15, 0.2) is 0 Å². The minimum atomic E-state index is -3.72. The summed E-state index contributed by atoms with van der Waals surface area (Å²) in [5.41, 5.74) is 1.58. The zero-order valence-corrected chi connectivity index (χ0v) is 21.4. The Balaban J connectivity index is 1.55. The summed E-state index contributed by atoms with van der Waals surface area (Å²) < 4.78 is 43.3. The van der Waals surface area contributed by atoms with E-state index >= 15 is 0 Å². The molecule has 0 saturated carbocycles. The maximum Gasteiger partial charge on any atom is 0.340 e. The summed E-state index contributed by atoms with van der Waals surface area (Å²) in [6.07, 6.45) is 1.46. The van der Waals surface area contributed by atoms with E-state index in [0.29, 0.717) is 17.2 Å². The van der Waals surface area contributed by atoms with Crippen molar-refractivity contribution in [3.63, 3.8) is 0 Å². The molecule has 9 nitrogen and oxygen atoms in total. The van der Waals surface area contributed by atoms with Crippen LogP contribution in [-0.4, -0.2) is 39.4 Å². The molecule has 0 fully saturated rings. The topological polar surface area (TPSA) is 115 Å². The van der Waals surface area contributed by atoms with E-state index in [4.69, 9.17) is 13.9 Å². The first kappa shape index (κ1) is 25.9. The quantitative estimate of drug-likeness (QED) is 0.337. The van der Waals surface area contributed by atoms with Crippen LogP contribution < -0.4 is 9.46 Å². The lowest BCUT2D eigenvalue weighted by Crippen LogP contribution is -2.24.